The van der Waals surface area contributed by atoms with Gasteiger partial charge in [0, 0.05) is 6.07 Å². The summed E-state index contributed by atoms with van der Waals surface area (Å²) in [6.07, 6.45) is -4.57. The van der Waals surface area contributed by atoms with E-state index in [0.29, 0.717) is 0 Å². The van der Waals surface area contributed by atoms with Gasteiger partial charge in [-0.15, -0.1) is 5.10 Å². The number of H-pyrrole nitrogens is 1. The molecule has 1 saturated heterocycles. The first kappa shape index (κ1) is 13.0. The van der Waals surface area contributed by atoms with Gasteiger partial charge in [0.1, 0.15) is 29.6 Å². The fourth-order valence-electron chi connectivity index (χ4n) is 2.24. The first-order valence-corrected chi connectivity index (χ1v) is 5.89. The molecule has 1 aliphatic rings. The number of nitrogens with two attached hydrogens (primary N) is 1. The molecule has 108 valence electrons. The topological polar surface area (TPSA) is 160 Å². The molecule has 0 aromatic carbocycles. The molecule has 10 heteroatoms. The molecule has 4 atom stereocenters. The van der Waals surface area contributed by atoms with Gasteiger partial charge in [0.2, 0.25) is 0 Å². The molecule has 0 spiro atoms. The molecule has 20 heavy (non-hydrogen) atoms. The molecule has 1 aliphatic heterocycles. The standard InChI is InChI=1S/C10H13N5O5/c11-5-1-3-6(9(19)12-5)13-14-15(3)10-8(18)7(17)4(2-16)20-10/h1,4,7-8,10,16-18H,2H2,(H3,11,12,19)/t4-,7-,8+,10-/m1/s1. The Hall–Kier alpha value is -2.01. The highest BCUT2D eigenvalue weighted by molar-refractivity contribution is 5.75. The van der Waals surface area contributed by atoms with E-state index >= 15 is 0 Å². The highest BCUT2D eigenvalue weighted by atomic mass is 16.6. The Kier molecular flexibility index (Phi) is 2.94. The number of anilines is 1. The molecule has 0 amide bonds. The summed E-state index contributed by atoms with van der Waals surface area (Å²) >= 11 is 0. The SMILES string of the molecule is Nc1cc2c(nnn2[C@@H]2O[C@H](CO)[C@@H](O)[C@@H]2O)c(=O)[nH]1. The Morgan fingerprint density at radius 2 is 2.20 bits per heavy atom. The van der Waals surface area contributed by atoms with Crippen LogP contribution in [0.15, 0.2) is 10.9 Å². The number of fused-ring (bicyclic) bond motifs is 1. The Labute approximate surface area is 111 Å². The van der Waals surface area contributed by atoms with Crippen molar-refractivity contribution in [2.45, 2.75) is 24.5 Å². The summed E-state index contributed by atoms with van der Waals surface area (Å²) in [4.78, 5) is 14.0. The summed E-state index contributed by atoms with van der Waals surface area (Å²) in [7, 11) is 0. The van der Waals surface area contributed by atoms with Crippen LogP contribution in [0.25, 0.3) is 11.0 Å². The van der Waals surface area contributed by atoms with Crippen molar-refractivity contribution in [3.63, 3.8) is 0 Å². The van der Waals surface area contributed by atoms with Crippen LogP contribution in [0.2, 0.25) is 0 Å². The Balaban J connectivity index is 2.09. The van der Waals surface area contributed by atoms with Crippen molar-refractivity contribution in [1.82, 2.24) is 20.0 Å². The molecule has 1 fully saturated rings. The minimum absolute atomic E-state index is 0.0388. The molecular weight excluding hydrogens is 270 g/mol. The monoisotopic (exact) mass is 283 g/mol. The summed E-state index contributed by atoms with van der Waals surface area (Å²) in [5.41, 5.74) is 5.34. The van der Waals surface area contributed by atoms with E-state index in [9.17, 15) is 15.0 Å². The van der Waals surface area contributed by atoms with Crippen LogP contribution in [0.4, 0.5) is 5.82 Å². The molecule has 10 nitrogen and oxygen atoms in total. The summed E-state index contributed by atoms with van der Waals surface area (Å²) in [6.45, 7) is -0.454. The lowest BCUT2D eigenvalue weighted by Crippen LogP contribution is -2.33. The first-order valence-electron chi connectivity index (χ1n) is 5.89. The third-order valence-electron chi connectivity index (χ3n) is 3.25. The van der Waals surface area contributed by atoms with Gasteiger partial charge in [0.15, 0.2) is 11.7 Å². The van der Waals surface area contributed by atoms with Crippen molar-refractivity contribution in [2.75, 3.05) is 12.3 Å². The molecule has 0 radical (unpaired) electrons. The number of nitrogens with one attached hydrogen (secondary N) is 1. The summed E-state index contributed by atoms with van der Waals surface area (Å²) in [5, 5.41) is 36.1. The second-order valence-electron chi connectivity index (χ2n) is 4.55. The quantitative estimate of drug-likeness (QED) is 0.398. The van der Waals surface area contributed by atoms with Gasteiger partial charge in [0.05, 0.1) is 6.61 Å². The zero-order valence-corrected chi connectivity index (χ0v) is 10.2. The van der Waals surface area contributed by atoms with Crippen LogP contribution in [-0.4, -0.2) is 60.2 Å². The minimum atomic E-state index is -1.31. The van der Waals surface area contributed by atoms with Crippen LogP contribution >= 0.6 is 0 Å². The highest BCUT2D eigenvalue weighted by Gasteiger charge is 2.44. The van der Waals surface area contributed by atoms with Gasteiger partial charge in [-0.1, -0.05) is 5.21 Å². The molecule has 6 N–H and O–H groups in total. The average molecular weight is 283 g/mol. The van der Waals surface area contributed by atoms with Crippen molar-refractivity contribution >= 4 is 16.9 Å². The maximum Gasteiger partial charge on any atom is 0.279 e. The fraction of sp³-hybridized carbons (Fsp3) is 0.500. The maximum absolute atomic E-state index is 11.7. The molecule has 2 aromatic heterocycles. The number of aliphatic hydroxyl groups is 3. The van der Waals surface area contributed by atoms with Gasteiger partial charge in [0.25, 0.3) is 5.56 Å². The number of aromatic nitrogens is 4. The first-order chi connectivity index (χ1) is 9.52. The molecule has 0 aliphatic carbocycles. The van der Waals surface area contributed by atoms with Gasteiger partial charge in [-0.05, 0) is 0 Å². The summed E-state index contributed by atoms with van der Waals surface area (Å²) in [6, 6.07) is 1.42. The number of pyridine rings is 1. The zero-order valence-electron chi connectivity index (χ0n) is 10.2. The van der Waals surface area contributed by atoms with Crippen LogP contribution in [0, 0.1) is 0 Å². The van der Waals surface area contributed by atoms with Gasteiger partial charge in [-0.3, -0.25) is 4.79 Å². The van der Waals surface area contributed by atoms with Gasteiger partial charge >= 0.3 is 0 Å². The number of ether oxygens (including phenoxy) is 1. The number of aliphatic hydroxyl groups excluding tert-OH is 3. The van der Waals surface area contributed by atoms with Crippen molar-refractivity contribution in [3.05, 3.63) is 16.4 Å². The number of aromatic amines is 1. The predicted octanol–water partition coefficient (Wildman–Crippen LogP) is -2.69. The van der Waals surface area contributed by atoms with Gasteiger partial charge < -0.3 is 30.8 Å². The van der Waals surface area contributed by atoms with Crippen LogP contribution in [0.5, 0.6) is 0 Å². The van der Waals surface area contributed by atoms with Gasteiger partial charge in [-0.2, -0.15) is 0 Å². The van der Waals surface area contributed by atoms with E-state index in [4.69, 9.17) is 15.6 Å². The van der Waals surface area contributed by atoms with Crippen LogP contribution in [-0.2, 0) is 4.74 Å². The Bertz CT molecular complexity index is 697. The molecule has 0 saturated carbocycles. The van der Waals surface area contributed by atoms with Crippen LogP contribution in [0.1, 0.15) is 6.23 Å². The smallest absolute Gasteiger partial charge is 0.279 e. The van der Waals surface area contributed by atoms with E-state index in [0.717, 1.165) is 4.68 Å². The lowest BCUT2D eigenvalue weighted by atomic mass is 10.1. The molecule has 3 rings (SSSR count). The number of nitrogen functional groups attached to an aromatic ring is 1. The van der Waals surface area contributed by atoms with E-state index in [-0.39, 0.29) is 16.9 Å². The van der Waals surface area contributed by atoms with Crippen LogP contribution < -0.4 is 11.3 Å². The maximum atomic E-state index is 11.7. The predicted molar refractivity (Wildman–Crippen MR) is 65.6 cm³/mol. The van der Waals surface area contributed by atoms with Crippen LogP contribution in [0.3, 0.4) is 0 Å². The zero-order chi connectivity index (χ0) is 14.4. The second kappa shape index (κ2) is 4.52. The van der Waals surface area contributed by atoms with E-state index in [1.54, 1.807) is 0 Å². The molecule has 3 heterocycles. The van der Waals surface area contributed by atoms with E-state index in [1.165, 1.54) is 6.07 Å². The average Bonchev–Trinajstić information content (AvgIpc) is 2.93. The Morgan fingerprint density at radius 1 is 1.45 bits per heavy atom. The van der Waals surface area contributed by atoms with Crippen molar-refractivity contribution in [2.24, 2.45) is 0 Å². The minimum Gasteiger partial charge on any atom is -0.394 e. The van der Waals surface area contributed by atoms with E-state index < -0.39 is 36.7 Å². The highest BCUT2D eigenvalue weighted by Crippen LogP contribution is 2.30. The number of hydrogen-bond acceptors (Lipinski definition) is 8. The fourth-order valence-corrected chi connectivity index (χ4v) is 2.24. The van der Waals surface area contributed by atoms with E-state index in [2.05, 4.69) is 15.3 Å². The molecule has 0 unspecified atom stereocenters. The normalized spacial score (nSPS) is 30.1. The molecular formula is C10H13N5O5. The lowest BCUT2D eigenvalue weighted by Gasteiger charge is -2.15. The third kappa shape index (κ3) is 1.78. The number of rotatable bonds is 2. The van der Waals surface area contributed by atoms with E-state index in [1.807, 2.05) is 0 Å². The van der Waals surface area contributed by atoms with Gasteiger partial charge in [-0.25, -0.2) is 4.68 Å². The summed E-state index contributed by atoms with van der Waals surface area (Å²) < 4.78 is 6.48. The lowest BCUT2D eigenvalue weighted by molar-refractivity contribution is -0.0572. The van der Waals surface area contributed by atoms with Crippen molar-refractivity contribution < 1.29 is 20.1 Å². The largest absolute Gasteiger partial charge is 0.394 e. The molecule has 2 aromatic rings. The second-order valence-corrected chi connectivity index (χ2v) is 4.55. The van der Waals surface area contributed by atoms with Crippen molar-refractivity contribution in [3.8, 4) is 0 Å². The van der Waals surface area contributed by atoms with Crippen molar-refractivity contribution in [1.29, 1.82) is 0 Å². The summed E-state index contributed by atoms with van der Waals surface area (Å²) in [5.74, 6) is 0.109. The third-order valence-corrected chi connectivity index (χ3v) is 3.25. The number of nitrogens with zero attached hydrogens (tertiary/aromatic N) is 3. The Morgan fingerprint density at radius 3 is 2.85 bits per heavy atom. The number of hydrogen-bond donors (Lipinski definition) is 5. The molecule has 0 bridgehead atoms.